The molecular formula is C15H15N3OS. The summed E-state index contributed by atoms with van der Waals surface area (Å²) in [7, 11) is 0. The van der Waals surface area contributed by atoms with Crippen LogP contribution in [0, 0.1) is 0 Å². The summed E-state index contributed by atoms with van der Waals surface area (Å²) >= 11 is 1.85. The van der Waals surface area contributed by atoms with Gasteiger partial charge in [-0.25, -0.2) is 5.43 Å². The molecule has 1 N–H and O–H groups in total. The number of nitrogens with one attached hydrogen (secondary N) is 1. The highest BCUT2D eigenvalue weighted by Gasteiger charge is 2.10. The summed E-state index contributed by atoms with van der Waals surface area (Å²) in [6.07, 6.45) is 4.91. The normalized spacial score (nSPS) is 16.5. The Labute approximate surface area is 121 Å². The summed E-state index contributed by atoms with van der Waals surface area (Å²) in [4.78, 5) is 12.0. The third-order valence-electron chi connectivity index (χ3n) is 3.15. The van der Waals surface area contributed by atoms with E-state index in [2.05, 4.69) is 10.5 Å². The molecule has 0 unspecified atom stereocenters. The molecule has 0 saturated carbocycles. The summed E-state index contributed by atoms with van der Waals surface area (Å²) in [5.74, 6) is 1.86. The molecule has 1 saturated heterocycles. The molecular weight excluding hydrogens is 270 g/mol. The van der Waals surface area contributed by atoms with Gasteiger partial charge in [0.15, 0.2) is 0 Å². The van der Waals surface area contributed by atoms with Crippen molar-refractivity contribution in [3.8, 4) is 5.69 Å². The van der Waals surface area contributed by atoms with E-state index in [1.54, 1.807) is 0 Å². The first-order chi connectivity index (χ1) is 9.83. The largest absolute Gasteiger partial charge is 0.324 e. The van der Waals surface area contributed by atoms with Crippen molar-refractivity contribution in [2.75, 3.05) is 11.5 Å². The van der Waals surface area contributed by atoms with E-state index in [0.717, 1.165) is 29.3 Å². The van der Waals surface area contributed by atoms with Crippen LogP contribution in [0.5, 0.6) is 0 Å². The number of thioether (sulfide) groups is 1. The number of nitrogens with zero attached hydrogens (tertiary/aromatic N) is 2. The van der Waals surface area contributed by atoms with E-state index in [1.807, 2.05) is 65.1 Å². The van der Waals surface area contributed by atoms with Gasteiger partial charge in [0.05, 0.1) is 0 Å². The highest BCUT2D eigenvalue weighted by molar-refractivity contribution is 8.00. The minimum absolute atomic E-state index is 0.159. The van der Waals surface area contributed by atoms with E-state index >= 15 is 0 Å². The Morgan fingerprint density at radius 2 is 1.95 bits per heavy atom. The molecule has 3 rings (SSSR count). The van der Waals surface area contributed by atoms with Gasteiger partial charge < -0.3 is 4.57 Å². The minimum atomic E-state index is -0.159. The topological polar surface area (TPSA) is 46.4 Å². The van der Waals surface area contributed by atoms with Gasteiger partial charge in [-0.2, -0.15) is 16.9 Å². The molecule has 1 fully saturated rings. The molecule has 0 atom stereocenters. The molecule has 1 aromatic heterocycles. The monoisotopic (exact) mass is 285 g/mol. The molecule has 20 heavy (non-hydrogen) atoms. The number of carbonyl (C=O) groups excluding carboxylic acids is 1. The fourth-order valence-corrected chi connectivity index (χ4v) is 3.00. The van der Waals surface area contributed by atoms with Crippen LogP contribution in [0.4, 0.5) is 0 Å². The Kier molecular flexibility index (Phi) is 3.87. The van der Waals surface area contributed by atoms with Gasteiger partial charge >= 0.3 is 0 Å². The SMILES string of the molecule is O=C(N/N=C1\CCSC1)c1ccc(-n2cccc2)cc1. The number of benzene rings is 1. The van der Waals surface area contributed by atoms with Gasteiger partial charge in [0.25, 0.3) is 5.91 Å². The summed E-state index contributed by atoms with van der Waals surface area (Å²) in [5, 5.41) is 4.16. The third-order valence-corrected chi connectivity index (χ3v) is 4.18. The molecule has 0 radical (unpaired) electrons. The molecule has 102 valence electrons. The van der Waals surface area contributed by atoms with Crippen molar-refractivity contribution < 1.29 is 4.79 Å². The van der Waals surface area contributed by atoms with Gasteiger partial charge in [0, 0.05) is 35.1 Å². The van der Waals surface area contributed by atoms with Crippen molar-refractivity contribution >= 4 is 23.4 Å². The Balaban J connectivity index is 1.68. The van der Waals surface area contributed by atoms with Crippen LogP contribution < -0.4 is 5.43 Å². The van der Waals surface area contributed by atoms with Gasteiger partial charge in [-0.15, -0.1) is 0 Å². The van der Waals surface area contributed by atoms with E-state index < -0.39 is 0 Å². The van der Waals surface area contributed by atoms with Crippen LogP contribution >= 0.6 is 11.8 Å². The second-order valence-electron chi connectivity index (χ2n) is 4.56. The molecule has 4 nitrogen and oxygen atoms in total. The van der Waals surface area contributed by atoms with E-state index in [4.69, 9.17) is 0 Å². The van der Waals surface area contributed by atoms with Crippen LogP contribution in [0.25, 0.3) is 5.69 Å². The lowest BCUT2D eigenvalue weighted by atomic mass is 10.2. The highest BCUT2D eigenvalue weighted by Crippen LogP contribution is 2.14. The number of aromatic nitrogens is 1. The zero-order chi connectivity index (χ0) is 13.8. The van der Waals surface area contributed by atoms with E-state index in [1.165, 1.54) is 0 Å². The van der Waals surface area contributed by atoms with Crippen molar-refractivity contribution in [1.29, 1.82) is 0 Å². The average Bonchev–Trinajstić information content (AvgIpc) is 3.18. The molecule has 1 amide bonds. The standard InChI is InChI=1S/C15H15N3OS/c19-15(17-16-13-7-10-20-11-13)12-3-5-14(6-4-12)18-8-1-2-9-18/h1-6,8-9H,7,10-11H2,(H,17,19)/b16-13+. The number of amides is 1. The fraction of sp³-hybridized carbons (Fsp3) is 0.200. The number of rotatable bonds is 3. The molecule has 0 aliphatic carbocycles. The number of hydrogen-bond donors (Lipinski definition) is 1. The van der Waals surface area contributed by atoms with Gasteiger partial charge in [0.1, 0.15) is 0 Å². The smallest absolute Gasteiger partial charge is 0.271 e. The zero-order valence-electron chi connectivity index (χ0n) is 11.0. The number of hydrazone groups is 1. The number of hydrogen-bond acceptors (Lipinski definition) is 3. The summed E-state index contributed by atoms with van der Waals surface area (Å²) in [6, 6.07) is 11.4. The molecule has 1 aliphatic heterocycles. The van der Waals surface area contributed by atoms with Crippen LogP contribution in [0.2, 0.25) is 0 Å². The van der Waals surface area contributed by atoms with Gasteiger partial charge in [-0.1, -0.05) is 0 Å². The summed E-state index contributed by atoms with van der Waals surface area (Å²) < 4.78 is 2.00. The van der Waals surface area contributed by atoms with Crippen LogP contribution in [0.3, 0.4) is 0 Å². The van der Waals surface area contributed by atoms with Crippen LogP contribution in [-0.2, 0) is 0 Å². The molecule has 2 aromatic rings. The highest BCUT2D eigenvalue weighted by atomic mass is 32.2. The molecule has 1 aromatic carbocycles. The summed E-state index contributed by atoms with van der Waals surface area (Å²) in [5.41, 5.74) is 5.34. The molecule has 5 heteroatoms. The van der Waals surface area contributed by atoms with E-state index in [9.17, 15) is 4.79 Å². The van der Waals surface area contributed by atoms with E-state index in [0.29, 0.717) is 5.56 Å². The maximum absolute atomic E-state index is 12.0. The minimum Gasteiger partial charge on any atom is -0.324 e. The van der Waals surface area contributed by atoms with Crippen LogP contribution in [0.1, 0.15) is 16.8 Å². The molecule has 0 bridgehead atoms. The predicted octanol–water partition coefficient (Wildman–Crippen LogP) is 2.70. The van der Waals surface area contributed by atoms with E-state index in [-0.39, 0.29) is 5.91 Å². The first-order valence-electron chi connectivity index (χ1n) is 6.50. The Bertz CT molecular complexity index is 609. The Hall–Kier alpha value is -2.01. The lowest BCUT2D eigenvalue weighted by molar-refractivity contribution is 0.0955. The summed E-state index contributed by atoms with van der Waals surface area (Å²) in [6.45, 7) is 0. The lowest BCUT2D eigenvalue weighted by Crippen LogP contribution is -2.19. The zero-order valence-corrected chi connectivity index (χ0v) is 11.8. The van der Waals surface area contributed by atoms with Crippen molar-refractivity contribution in [2.45, 2.75) is 6.42 Å². The van der Waals surface area contributed by atoms with Crippen molar-refractivity contribution in [3.63, 3.8) is 0 Å². The number of carbonyl (C=O) groups is 1. The average molecular weight is 285 g/mol. The molecule has 2 heterocycles. The van der Waals surface area contributed by atoms with Crippen molar-refractivity contribution in [1.82, 2.24) is 9.99 Å². The Morgan fingerprint density at radius 1 is 1.20 bits per heavy atom. The second kappa shape index (κ2) is 5.96. The van der Waals surface area contributed by atoms with Crippen LogP contribution in [0.15, 0.2) is 53.9 Å². The van der Waals surface area contributed by atoms with Gasteiger partial charge in [0.2, 0.25) is 0 Å². The maximum atomic E-state index is 12.0. The predicted molar refractivity (Wildman–Crippen MR) is 82.6 cm³/mol. The van der Waals surface area contributed by atoms with Gasteiger partial charge in [-0.3, -0.25) is 4.79 Å². The van der Waals surface area contributed by atoms with Crippen molar-refractivity contribution in [2.24, 2.45) is 5.10 Å². The molecule has 0 spiro atoms. The molecule has 1 aliphatic rings. The second-order valence-corrected chi connectivity index (χ2v) is 5.66. The Morgan fingerprint density at radius 3 is 2.60 bits per heavy atom. The third kappa shape index (κ3) is 2.93. The van der Waals surface area contributed by atoms with Crippen LogP contribution in [-0.4, -0.2) is 27.7 Å². The fourth-order valence-electron chi connectivity index (χ4n) is 2.03. The first-order valence-corrected chi connectivity index (χ1v) is 7.65. The first kappa shape index (κ1) is 13.0. The van der Waals surface area contributed by atoms with Crippen molar-refractivity contribution in [3.05, 3.63) is 54.4 Å². The maximum Gasteiger partial charge on any atom is 0.271 e. The van der Waals surface area contributed by atoms with Gasteiger partial charge in [-0.05, 0) is 48.6 Å². The lowest BCUT2D eigenvalue weighted by Gasteiger charge is -2.05. The quantitative estimate of drug-likeness (QED) is 0.881.